The van der Waals surface area contributed by atoms with E-state index in [0.29, 0.717) is 6.04 Å². The SMILES string of the molecule is Cc1cccc(C(CN)N(CC2CC2)CC2CC2)c1. The summed E-state index contributed by atoms with van der Waals surface area (Å²) in [7, 11) is 0. The van der Waals surface area contributed by atoms with Crippen molar-refractivity contribution in [2.45, 2.75) is 38.6 Å². The summed E-state index contributed by atoms with van der Waals surface area (Å²) in [5, 5.41) is 0. The van der Waals surface area contributed by atoms with Gasteiger partial charge in [-0.15, -0.1) is 0 Å². The topological polar surface area (TPSA) is 29.3 Å². The van der Waals surface area contributed by atoms with Crippen molar-refractivity contribution in [3.05, 3.63) is 35.4 Å². The molecule has 1 aromatic rings. The summed E-state index contributed by atoms with van der Waals surface area (Å²) >= 11 is 0. The molecule has 1 unspecified atom stereocenters. The predicted molar refractivity (Wildman–Crippen MR) is 80.0 cm³/mol. The number of nitrogens with two attached hydrogens (primary N) is 1. The number of hydrogen-bond acceptors (Lipinski definition) is 2. The molecule has 3 rings (SSSR count). The fourth-order valence-electron chi connectivity index (χ4n) is 2.97. The molecular formula is C17H26N2. The van der Waals surface area contributed by atoms with Crippen LogP contribution in [0, 0.1) is 18.8 Å². The van der Waals surface area contributed by atoms with Gasteiger partial charge in [-0.1, -0.05) is 29.8 Å². The van der Waals surface area contributed by atoms with Gasteiger partial charge in [0.2, 0.25) is 0 Å². The highest BCUT2D eigenvalue weighted by atomic mass is 15.2. The lowest BCUT2D eigenvalue weighted by atomic mass is 10.0. The lowest BCUT2D eigenvalue weighted by Crippen LogP contribution is -2.36. The Balaban J connectivity index is 1.75. The molecule has 0 amide bonds. The second kappa shape index (κ2) is 5.64. The van der Waals surface area contributed by atoms with Gasteiger partial charge in [-0.25, -0.2) is 0 Å². The van der Waals surface area contributed by atoms with Crippen molar-refractivity contribution in [3.63, 3.8) is 0 Å². The second-order valence-corrected chi connectivity index (χ2v) is 6.51. The van der Waals surface area contributed by atoms with Crippen LogP contribution >= 0.6 is 0 Å². The predicted octanol–water partition coefficient (Wildman–Crippen LogP) is 3.12. The van der Waals surface area contributed by atoms with Crippen molar-refractivity contribution < 1.29 is 0 Å². The van der Waals surface area contributed by atoms with Gasteiger partial charge in [0.1, 0.15) is 0 Å². The number of aryl methyl sites for hydroxylation is 1. The van der Waals surface area contributed by atoms with E-state index in [4.69, 9.17) is 5.73 Å². The van der Waals surface area contributed by atoms with Gasteiger partial charge in [0, 0.05) is 25.7 Å². The smallest absolute Gasteiger partial charge is 0.0470 e. The average molecular weight is 258 g/mol. The molecule has 2 nitrogen and oxygen atoms in total. The summed E-state index contributed by atoms with van der Waals surface area (Å²) < 4.78 is 0. The Labute approximate surface area is 117 Å². The van der Waals surface area contributed by atoms with Gasteiger partial charge in [0.15, 0.2) is 0 Å². The fourth-order valence-corrected chi connectivity index (χ4v) is 2.97. The maximum absolute atomic E-state index is 6.11. The number of hydrogen-bond donors (Lipinski definition) is 1. The number of nitrogens with zero attached hydrogens (tertiary/aromatic N) is 1. The van der Waals surface area contributed by atoms with Crippen LogP contribution in [-0.2, 0) is 0 Å². The first-order chi connectivity index (χ1) is 9.26. The molecule has 0 aliphatic heterocycles. The van der Waals surface area contributed by atoms with E-state index in [1.165, 1.54) is 49.9 Å². The molecule has 2 fully saturated rings. The number of rotatable bonds is 7. The van der Waals surface area contributed by atoms with Crippen LogP contribution in [0.3, 0.4) is 0 Å². The molecule has 2 aliphatic carbocycles. The molecule has 0 aromatic heterocycles. The van der Waals surface area contributed by atoms with Crippen molar-refractivity contribution >= 4 is 0 Å². The molecule has 0 bridgehead atoms. The van der Waals surface area contributed by atoms with Gasteiger partial charge in [-0.05, 0) is 50.0 Å². The summed E-state index contributed by atoms with van der Waals surface area (Å²) in [6.07, 6.45) is 5.69. The van der Waals surface area contributed by atoms with Crippen LogP contribution < -0.4 is 5.73 Å². The van der Waals surface area contributed by atoms with Crippen LogP contribution in [0.2, 0.25) is 0 Å². The monoisotopic (exact) mass is 258 g/mol. The van der Waals surface area contributed by atoms with Gasteiger partial charge in [-0.3, -0.25) is 4.90 Å². The Bertz CT molecular complexity index is 407. The van der Waals surface area contributed by atoms with Gasteiger partial charge < -0.3 is 5.73 Å². The maximum atomic E-state index is 6.11. The van der Waals surface area contributed by atoms with E-state index >= 15 is 0 Å². The minimum absolute atomic E-state index is 0.418. The molecule has 2 N–H and O–H groups in total. The quantitative estimate of drug-likeness (QED) is 0.814. The molecule has 0 radical (unpaired) electrons. The Morgan fingerprint density at radius 3 is 2.26 bits per heavy atom. The Kier molecular flexibility index (Phi) is 3.90. The zero-order chi connectivity index (χ0) is 13.2. The minimum atomic E-state index is 0.418. The van der Waals surface area contributed by atoms with Crippen molar-refractivity contribution in [1.82, 2.24) is 4.90 Å². The summed E-state index contributed by atoms with van der Waals surface area (Å²) in [4.78, 5) is 2.67. The standard InChI is InChI=1S/C17H26N2/c1-13-3-2-4-16(9-13)17(10-18)19(11-14-5-6-14)12-15-7-8-15/h2-4,9,14-15,17H,5-8,10-12,18H2,1H3. The summed E-state index contributed by atoms with van der Waals surface area (Å²) in [6.45, 7) is 5.42. The van der Waals surface area contributed by atoms with Gasteiger partial charge in [-0.2, -0.15) is 0 Å². The molecule has 0 saturated heterocycles. The first-order valence-electron chi connectivity index (χ1n) is 7.77. The lowest BCUT2D eigenvalue weighted by Gasteiger charge is -2.31. The van der Waals surface area contributed by atoms with Crippen molar-refractivity contribution in [3.8, 4) is 0 Å². The normalized spacial score (nSPS) is 20.8. The third-order valence-electron chi connectivity index (χ3n) is 4.47. The highest BCUT2D eigenvalue weighted by molar-refractivity contribution is 5.25. The molecule has 1 aromatic carbocycles. The first-order valence-corrected chi connectivity index (χ1v) is 7.77. The molecule has 0 heterocycles. The van der Waals surface area contributed by atoms with Crippen LogP contribution in [0.5, 0.6) is 0 Å². The third-order valence-corrected chi connectivity index (χ3v) is 4.47. The maximum Gasteiger partial charge on any atom is 0.0470 e. The molecule has 19 heavy (non-hydrogen) atoms. The van der Waals surface area contributed by atoms with Crippen molar-refractivity contribution in [2.75, 3.05) is 19.6 Å². The minimum Gasteiger partial charge on any atom is -0.329 e. The van der Waals surface area contributed by atoms with E-state index in [-0.39, 0.29) is 0 Å². The van der Waals surface area contributed by atoms with Gasteiger partial charge in [0.05, 0.1) is 0 Å². The molecule has 2 heteroatoms. The second-order valence-electron chi connectivity index (χ2n) is 6.51. The van der Waals surface area contributed by atoms with Gasteiger partial charge >= 0.3 is 0 Å². The summed E-state index contributed by atoms with van der Waals surface area (Å²) in [5.74, 6) is 1.88. The van der Waals surface area contributed by atoms with Crippen molar-refractivity contribution in [1.29, 1.82) is 0 Å². The Hall–Kier alpha value is -0.860. The fraction of sp³-hybridized carbons (Fsp3) is 0.647. The van der Waals surface area contributed by atoms with E-state index in [9.17, 15) is 0 Å². The van der Waals surface area contributed by atoms with E-state index in [2.05, 4.69) is 36.1 Å². The average Bonchev–Trinajstić information content (AvgIpc) is 3.25. The first kappa shape index (κ1) is 13.1. The van der Waals surface area contributed by atoms with Crippen molar-refractivity contribution in [2.24, 2.45) is 17.6 Å². The van der Waals surface area contributed by atoms with Crippen LogP contribution in [0.1, 0.15) is 42.9 Å². The zero-order valence-electron chi connectivity index (χ0n) is 12.0. The molecule has 104 valence electrons. The van der Waals surface area contributed by atoms with Crippen LogP contribution in [-0.4, -0.2) is 24.5 Å². The largest absolute Gasteiger partial charge is 0.329 e. The molecule has 2 aliphatic rings. The Morgan fingerprint density at radius 2 is 1.79 bits per heavy atom. The highest BCUT2D eigenvalue weighted by Gasteiger charge is 2.32. The molecular weight excluding hydrogens is 232 g/mol. The third kappa shape index (κ3) is 3.58. The van der Waals surface area contributed by atoms with E-state index in [0.717, 1.165) is 18.4 Å². The van der Waals surface area contributed by atoms with Crippen LogP contribution in [0.25, 0.3) is 0 Å². The summed E-state index contributed by atoms with van der Waals surface area (Å²) in [6, 6.07) is 9.31. The van der Waals surface area contributed by atoms with Gasteiger partial charge in [0.25, 0.3) is 0 Å². The molecule has 0 spiro atoms. The van der Waals surface area contributed by atoms with Crippen LogP contribution in [0.15, 0.2) is 24.3 Å². The van der Waals surface area contributed by atoms with E-state index < -0.39 is 0 Å². The molecule has 2 saturated carbocycles. The summed E-state index contributed by atoms with van der Waals surface area (Å²) in [5.41, 5.74) is 8.85. The number of benzene rings is 1. The Morgan fingerprint density at radius 1 is 1.16 bits per heavy atom. The zero-order valence-corrected chi connectivity index (χ0v) is 12.0. The van der Waals surface area contributed by atoms with E-state index in [1.54, 1.807) is 0 Å². The van der Waals surface area contributed by atoms with E-state index in [1.807, 2.05) is 0 Å². The highest BCUT2D eigenvalue weighted by Crippen LogP contribution is 2.37. The lowest BCUT2D eigenvalue weighted by molar-refractivity contribution is 0.185. The van der Waals surface area contributed by atoms with Crippen LogP contribution in [0.4, 0.5) is 0 Å². The molecule has 1 atom stereocenters.